The summed E-state index contributed by atoms with van der Waals surface area (Å²) < 4.78 is 68.6. The second kappa shape index (κ2) is 9.85. The lowest BCUT2D eigenvalue weighted by molar-refractivity contribution is 0.0116. The van der Waals surface area contributed by atoms with E-state index in [-0.39, 0.29) is 18.8 Å². The number of aryl methyl sites for hydroxylation is 1. The first-order chi connectivity index (χ1) is 13.2. The number of halogens is 2. The van der Waals surface area contributed by atoms with Crippen LogP contribution in [0.15, 0.2) is 59.5 Å². The predicted molar refractivity (Wildman–Crippen MR) is 106 cm³/mol. The third-order valence-corrected chi connectivity index (χ3v) is 7.24. The molecule has 0 aliphatic heterocycles. The van der Waals surface area contributed by atoms with E-state index in [9.17, 15) is 8.77 Å². The molecule has 0 fully saturated rings. The molecule has 0 aliphatic rings. The first-order valence-corrected chi connectivity index (χ1v) is 11.5. The molecule has 0 spiro atoms. The quantitative estimate of drug-likeness (QED) is 0.525. The lowest BCUT2D eigenvalue weighted by Gasteiger charge is -2.32. The number of nitrogens with one attached hydrogen (secondary N) is 1. The van der Waals surface area contributed by atoms with E-state index in [4.69, 9.17) is 9.05 Å². The molecule has 1 N–H and O–H groups in total. The molecule has 0 saturated carbocycles. The molecule has 0 bridgehead atoms. The number of rotatable bonds is 10. The van der Waals surface area contributed by atoms with Crippen LogP contribution >= 0.6 is 7.60 Å². The van der Waals surface area contributed by atoms with Gasteiger partial charge >= 0.3 is 13.3 Å². The summed E-state index contributed by atoms with van der Waals surface area (Å²) in [5.74, 6) is 0. The van der Waals surface area contributed by atoms with Gasteiger partial charge in [-0.1, -0.05) is 48.0 Å². The largest absolute Gasteiger partial charge is 0.401 e. The molecule has 154 valence electrons. The van der Waals surface area contributed by atoms with Crippen LogP contribution in [-0.2, 0) is 24.6 Å². The van der Waals surface area contributed by atoms with Gasteiger partial charge in [-0.15, -0.1) is 0 Å². The molecular weight excluding hydrogens is 407 g/mol. The Morgan fingerprint density at radius 3 is 2.07 bits per heavy atom. The van der Waals surface area contributed by atoms with Gasteiger partial charge in [-0.25, -0.2) is 8.93 Å². The van der Waals surface area contributed by atoms with Crippen LogP contribution < -0.4 is 4.72 Å². The van der Waals surface area contributed by atoms with Gasteiger partial charge in [-0.05, 0) is 38.5 Å². The van der Waals surface area contributed by atoms with Crippen molar-refractivity contribution in [3.8, 4) is 0 Å². The van der Waals surface area contributed by atoms with E-state index in [1.165, 1.54) is 26.0 Å². The zero-order valence-electron chi connectivity index (χ0n) is 15.9. The number of benzene rings is 2. The summed E-state index contributed by atoms with van der Waals surface area (Å²) >= 11 is 0. The van der Waals surface area contributed by atoms with Crippen molar-refractivity contribution in [2.45, 2.75) is 37.4 Å². The van der Waals surface area contributed by atoms with Crippen LogP contribution in [0.1, 0.15) is 31.0 Å². The maximum Gasteiger partial charge on any atom is 0.401 e. The van der Waals surface area contributed by atoms with E-state index in [0.29, 0.717) is 4.90 Å². The molecule has 9 heteroatoms. The lowest BCUT2D eigenvalue weighted by Crippen LogP contribution is -2.39. The van der Waals surface area contributed by atoms with Crippen LogP contribution in [0.3, 0.4) is 0 Å². The average Bonchev–Trinajstić information content (AvgIpc) is 2.67. The summed E-state index contributed by atoms with van der Waals surface area (Å²) in [5, 5.41) is 0. The highest BCUT2D eigenvalue weighted by Crippen LogP contribution is 2.66. The van der Waals surface area contributed by atoms with Crippen LogP contribution in [0.25, 0.3) is 0 Å². The van der Waals surface area contributed by atoms with Crippen molar-refractivity contribution in [3.63, 3.8) is 0 Å². The third-order valence-electron chi connectivity index (χ3n) is 3.90. The van der Waals surface area contributed by atoms with Gasteiger partial charge in [0.25, 0.3) is 0 Å². The van der Waals surface area contributed by atoms with Crippen LogP contribution in [0, 0.1) is 6.92 Å². The van der Waals surface area contributed by atoms with Crippen LogP contribution in [0.4, 0.5) is 8.78 Å². The van der Waals surface area contributed by atoms with E-state index in [0.717, 1.165) is 5.56 Å². The average molecular weight is 431 g/mol. The van der Waals surface area contributed by atoms with E-state index < -0.39 is 30.3 Å². The molecule has 0 amide bonds. The van der Waals surface area contributed by atoms with E-state index in [2.05, 4.69) is 4.72 Å². The zero-order chi connectivity index (χ0) is 20.8. The zero-order valence-corrected chi connectivity index (χ0v) is 17.6. The fourth-order valence-electron chi connectivity index (χ4n) is 2.53. The van der Waals surface area contributed by atoms with Crippen molar-refractivity contribution in [1.29, 1.82) is 0 Å². The highest BCUT2D eigenvalue weighted by Gasteiger charge is 2.59. The number of alkyl halides is 2. The molecule has 5 nitrogen and oxygen atoms in total. The summed E-state index contributed by atoms with van der Waals surface area (Å²) in [5.41, 5.74) is -2.89. The Bertz CT molecular complexity index is 824. The van der Waals surface area contributed by atoms with E-state index in [1.807, 2.05) is 6.92 Å². The van der Waals surface area contributed by atoms with Crippen molar-refractivity contribution >= 4 is 18.6 Å². The minimum atomic E-state index is -4.83. The summed E-state index contributed by atoms with van der Waals surface area (Å²) in [4.78, 5) is 0.324. The van der Waals surface area contributed by atoms with Crippen LogP contribution in [0.5, 0.6) is 0 Å². The van der Waals surface area contributed by atoms with E-state index in [1.54, 1.807) is 42.5 Å². The summed E-state index contributed by atoms with van der Waals surface area (Å²) in [6.07, 6.45) is 0. The monoisotopic (exact) mass is 431 g/mol. The van der Waals surface area contributed by atoms with E-state index >= 15 is 8.78 Å². The van der Waals surface area contributed by atoms with Gasteiger partial charge in [0.15, 0.2) is 0 Å². The molecule has 2 rings (SSSR count). The molecule has 0 saturated heterocycles. The van der Waals surface area contributed by atoms with Gasteiger partial charge < -0.3 is 9.05 Å². The molecule has 2 atom stereocenters. The summed E-state index contributed by atoms with van der Waals surface area (Å²) in [7, 11) is -6.80. The number of hydrogen-bond donors (Lipinski definition) is 1. The third kappa shape index (κ3) is 5.13. The second-order valence-electron chi connectivity index (χ2n) is 5.96. The maximum atomic E-state index is 15.4. The summed E-state index contributed by atoms with van der Waals surface area (Å²) in [6, 6.07) is 12.5. The highest BCUT2D eigenvalue weighted by molar-refractivity contribution is 7.83. The predicted octanol–water partition coefficient (Wildman–Crippen LogP) is 5.21. The minimum Gasteiger partial charge on any atom is -0.305 e. The standard InChI is InChI=1S/C19H24F2NO4PS/c1-4-25-27(23,26-5-2)19(20,21)18(16-9-7-6-8-10-16)22-28(24)17-13-11-15(3)12-14-17/h6-14,18,22H,4-5H2,1-3H3/t18-,28?/m1/s1. The Hall–Kier alpha value is -1.44. The van der Waals surface area contributed by atoms with Crippen molar-refractivity contribution in [2.24, 2.45) is 0 Å². The molecule has 0 radical (unpaired) electrons. The highest BCUT2D eigenvalue weighted by atomic mass is 32.2. The Morgan fingerprint density at radius 1 is 1.04 bits per heavy atom. The molecule has 2 aromatic carbocycles. The minimum absolute atomic E-state index is 0.118. The molecule has 0 heterocycles. The molecule has 28 heavy (non-hydrogen) atoms. The van der Waals surface area contributed by atoms with Crippen LogP contribution in [0.2, 0.25) is 0 Å². The summed E-state index contributed by atoms with van der Waals surface area (Å²) in [6.45, 7) is 4.35. The van der Waals surface area contributed by atoms with Gasteiger partial charge in [0, 0.05) is 0 Å². The van der Waals surface area contributed by atoms with Gasteiger partial charge in [-0.3, -0.25) is 4.57 Å². The fraction of sp³-hybridized carbons (Fsp3) is 0.368. The normalized spacial score (nSPS) is 14.6. The molecule has 0 aliphatic carbocycles. The molecule has 1 unspecified atom stereocenters. The lowest BCUT2D eigenvalue weighted by atomic mass is 10.1. The Labute approximate surface area is 166 Å². The van der Waals surface area contributed by atoms with Crippen molar-refractivity contribution in [2.75, 3.05) is 13.2 Å². The second-order valence-corrected chi connectivity index (χ2v) is 9.32. The van der Waals surface area contributed by atoms with Crippen LogP contribution in [-0.4, -0.2) is 23.1 Å². The van der Waals surface area contributed by atoms with Gasteiger partial charge in [-0.2, -0.15) is 8.78 Å². The van der Waals surface area contributed by atoms with Gasteiger partial charge in [0.2, 0.25) is 0 Å². The Kier molecular flexibility index (Phi) is 8.04. The van der Waals surface area contributed by atoms with Gasteiger partial charge in [0.05, 0.1) is 18.1 Å². The van der Waals surface area contributed by atoms with Gasteiger partial charge in [0.1, 0.15) is 17.0 Å². The van der Waals surface area contributed by atoms with Crippen molar-refractivity contribution < 1.29 is 26.6 Å². The molecular formula is C19H24F2NO4PS. The Morgan fingerprint density at radius 2 is 1.57 bits per heavy atom. The SMILES string of the molecule is CCOP(=O)(OCC)C(F)(F)[C@H](NS(=O)c1ccc(C)cc1)c1ccccc1. The Balaban J connectivity index is 2.45. The first kappa shape index (κ1) is 22.8. The molecule has 2 aromatic rings. The maximum absolute atomic E-state index is 15.4. The molecule has 0 aromatic heterocycles. The fourth-order valence-corrected chi connectivity index (χ4v) is 5.26. The van der Waals surface area contributed by atoms with Crippen molar-refractivity contribution in [3.05, 3.63) is 65.7 Å². The topological polar surface area (TPSA) is 64.6 Å². The smallest absolute Gasteiger partial charge is 0.305 e. The number of hydrogen-bond acceptors (Lipinski definition) is 4. The van der Waals surface area contributed by atoms with Crippen molar-refractivity contribution in [1.82, 2.24) is 4.72 Å². The first-order valence-electron chi connectivity index (χ1n) is 8.81.